The lowest BCUT2D eigenvalue weighted by Crippen LogP contribution is -2.49. The summed E-state index contributed by atoms with van der Waals surface area (Å²) in [5, 5.41) is 69.5. The molecule has 10 nitrogen and oxygen atoms in total. The summed E-state index contributed by atoms with van der Waals surface area (Å²) in [4.78, 5) is 12.7. The zero-order valence-electron chi connectivity index (χ0n) is 15.3. The smallest absolute Gasteiger partial charge is 0.197 e. The van der Waals surface area contributed by atoms with Gasteiger partial charge in [0.15, 0.2) is 16.9 Å². The van der Waals surface area contributed by atoms with Crippen LogP contribution in [0.25, 0.3) is 22.3 Å². The van der Waals surface area contributed by atoms with Crippen molar-refractivity contribution in [2.45, 2.75) is 24.4 Å². The molecule has 0 amide bonds. The number of hydrogen-bond donors (Lipinski definition) is 7. The monoisotopic (exact) mass is 418 g/mol. The number of phenols is 4. The van der Waals surface area contributed by atoms with Crippen LogP contribution in [0.4, 0.5) is 0 Å². The molecule has 10 heteroatoms. The molecule has 0 unspecified atom stereocenters. The van der Waals surface area contributed by atoms with Gasteiger partial charge >= 0.3 is 0 Å². The molecule has 1 saturated heterocycles. The molecule has 0 spiro atoms. The summed E-state index contributed by atoms with van der Waals surface area (Å²) < 4.78 is 10.8. The Hall–Kier alpha value is -3.31. The number of rotatable bonds is 2. The first kappa shape index (κ1) is 20.0. The molecule has 30 heavy (non-hydrogen) atoms. The average Bonchev–Trinajstić information content (AvgIpc) is 2.69. The van der Waals surface area contributed by atoms with Gasteiger partial charge < -0.3 is 44.9 Å². The summed E-state index contributed by atoms with van der Waals surface area (Å²) >= 11 is 0. The van der Waals surface area contributed by atoms with E-state index >= 15 is 0 Å². The van der Waals surface area contributed by atoms with Crippen LogP contribution in [0.5, 0.6) is 23.0 Å². The first-order chi connectivity index (χ1) is 14.2. The minimum absolute atomic E-state index is 0.00171. The van der Waals surface area contributed by atoms with Crippen LogP contribution in [0.1, 0.15) is 11.7 Å². The predicted molar refractivity (Wildman–Crippen MR) is 101 cm³/mol. The fourth-order valence-corrected chi connectivity index (χ4v) is 3.46. The molecule has 4 atom stereocenters. The minimum Gasteiger partial charge on any atom is -0.507 e. The highest BCUT2D eigenvalue weighted by Crippen LogP contribution is 2.43. The molecule has 1 aliphatic heterocycles. The van der Waals surface area contributed by atoms with E-state index in [1.54, 1.807) is 0 Å². The van der Waals surface area contributed by atoms with Gasteiger partial charge in [-0.25, -0.2) is 0 Å². The second-order valence-corrected chi connectivity index (χ2v) is 7.01. The van der Waals surface area contributed by atoms with Gasteiger partial charge in [0.25, 0.3) is 0 Å². The number of hydrogen-bond acceptors (Lipinski definition) is 10. The van der Waals surface area contributed by atoms with E-state index in [-0.39, 0.29) is 40.2 Å². The summed E-state index contributed by atoms with van der Waals surface area (Å²) in [5.74, 6) is -2.06. The van der Waals surface area contributed by atoms with Gasteiger partial charge in [-0.15, -0.1) is 0 Å². The fraction of sp³-hybridized carbons (Fsp3) is 0.250. The fourth-order valence-electron chi connectivity index (χ4n) is 3.46. The molecule has 0 radical (unpaired) electrons. The van der Waals surface area contributed by atoms with E-state index in [1.165, 1.54) is 18.2 Å². The Morgan fingerprint density at radius 1 is 0.867 bits per heavy atom. The highest BCUT2D eigenvalue weighted by atomic mass is 16.5. The molecule has 4 rings (SSSR count). The Morgan fingerprint density at radius 2 is 1.60 bits per heavy atom. The summed E-state index contributed by atoms with van der Waals surface area (Å²) in [6.07, 6.45) is -6.01. The van der Waals surface area contributed by atoms with Crippen molar-refractivity contribution in [2.24, 2.45) is 0 Å². The van der Waals surface area contributed by atoms with Crippen LogP contribution in [0.2, 0.25) is 0 Å². The lowest BCUT2D eigenvalue weighted by Gasteiger charge is -2.35. The Balaban J connectivity index is 1.86. The Bertz CT molecular complexity index is 1180. The molecule has 0 aliphatic carbocycles. The maximum Gasteiger partial charge on any atom is 0.197 e. The normalized spacial score (nSPS) is 24.2. The van der Waals surface area contributed by atoms with Crippen molar-refractivity contribution in [2.75, 3.05) is 6.61 Å². The molecule has 2 aromatic carbocycles. The molecule has 158 valence electrons. The van der Waals surface area contributed by atoms with Gasteiger partial charge in [0.2, 0.25) is 0 Å². The number of aliphatic hydroxyl groups excluding tert-OH is 3. The summed E-state index contributed by atoms with van der Waals surface area (Å²) in [6, 6.07) is 5.86. The van der Waals surface area contributed by atoms with Crippen LogP contribution in [0.3, 0.4) is 0 Å². The van der Waals surface area contributed by atoms with Crippen LogP contribution < -0.4 is 5.43 Å². The minimum atomic E-state index is -1.67. The second-order valence-electron chi connectivity index (χ2n) is 7.01. The number of aromatic hydroxyl groups is 4. The van der Waals surface area contributed by atoms with Crippen LogP contribution >= 0.6 is 0 Å². The Morgan fingerprint density at radius 3 is 2.30 bits per heavy atom. The second kappa shape index (κ2) is 7.18. The standard InChI is InChI=1S/C20H18O10/c21-8-2-1-7(3-9(8)22)13-4-10(23)15-14(30-13)5-11(24)16(18(15)27)20-19(28)17(26)12(25)6-29-20/h1-5,12,17,19-22,24-28H,6H2/t12-,17+,19-,20+/m0/s1. The molecular formula is C20H18O10. The number of benzene rings is 2. The van der Waals surface area contributed by atoms with E-state index in [2.05, 4.69) is 0 Å². The zero-order chi connectivity index (χ0) is 21.7. The van der Waals surface area contributed by atoms with Gasteiger partial charge in [-0.2, -0.15) is 0 Å². The van der Waals surface area contributed by atoms with Gasteiger partial charge in [-0.1, -0.05) is 0 Å². The van der Waals surface area contributed by atoms with Crippen molar-refractivity contribution in [1.82, 2.24) is 0 Å². The first-order valence-corrected chi connectivity index (χ1v) is 8.90. The Kier molecular flexibility index (Phi) is 4.79. The lowest BCUT2D eigenvalue weighted by atomic mass is 9.92. The van der Waals surface area contributed by atoms with Crippen LogP contribution in [-0.4, -0.2) is 60.7 Å². The van der Waals surface area contributed by atoms with Crippen LogP contribution in [0, 0.1) is 0 Å². The van der Waals surface area contributed by atoms with Crippen LogP contribution in [-0.2, 0) is 4.74 Å². The maximum absolute atomic E-state index is 12.7. The molecule has 0 saturated carbocycles. The van der Waals surface area contributed by atoms with Crippen molar-refractivity contribution < 1.29 is 44.9 Å². The maximum atomic E-state index is 12.7. The van der Waals surface area contributed by atoms with Crippen molar-refractivity contribution in [3.05, 3.63) is 46.1 Å². The highest BCUT2D eigenvalue weighted by Gasteiger charge is 2.41. The largest absolute Gasteiger partial charge is 0.507 e. The number of ether oxygens (including phenoxy) is 1. The van der Waals surface area contributed by atoms with E-state index in [4.69, 9.17) is 9.15 Å². The highest BCUT2D eigenvalue weighted by molar-refractivity contribution is 5.88. The van der Waals surface area contributed by atoms with E-state index in [0.29, 0.717) is 0 Å². The zero-order valence-corrected chi connectivity index (χ0v) is 15.3. The van der Waals surface area contributed by atoms with Crippen molar-refractivity contribution in [1.29, 1.82) is 0 Å². The van der Waals surface area contributed by atoms with Crippen molar-refractivity contribution in [3.8, 4) is 34.3 Å². The van der Waals surface area contributed by atoms with E-state index < -0.39 is 47.1 Å². The lowest BCUT2D eigenvalue weighted by molar-refractivity contribution is -0.189. The van der Waals surface area contributed by atoms with Gasteiger partial charge in [0.05, 0.1) is 12.2 Å². The molecule has 3 aromatic rings. The first-order valence-electron chi connectivity index (χ1n) is 8.90. The van der Waals surface area contributed by atoms with Gasteiger partial charge in [0.1, 0.15) is 52.6 Å². The molecule has 1 fully saturated rings. The Labute approximate surface area is 168 Å². The molecule has 1 aromatic heterocycles. The number of fused-ring (bicyclic) bond motifs is 1. The third-order valence-electron chi connectivity index (χ3n) is 5.06. The quantitative estimate of drug-likeness (QED) is 0.288. The number of aliphatic hydroxyl groups is 3. The summed E-state index contributed by atoms with van der Waals surface area (Å²) in [6.45, 7) is -0.363. The summed E-state index contributed by atoms with van der Waals surface area (Å²) in [7, 11) is 0. The van der Waals surface area contributed by atoms with Crippen molar-refractivity contribution in [3.63, 3.8) is 0 Å². The van der Waals surface area contributed by atoms with Crippen molar-refractivity contribution >= 4 is 11.0 Å². The third kappa shape index (κ3) is 3.12. The summed E-state index contributed by atoms with van der Waals surface area (Å²) in [5.41, 5.74) is -0.947. The molecular weight excluding hydrogens is 400 g/mol. The molecule has 1 aliphatic rings. The predicted octanol–water partition coefficient (Wildman–Crippen LogP) is 0.436. The molecule has 7 N–H and O–H groups in total. The topological polar surface area (TPSA) is 181 Å². The van der Waals surface area contributed by atoms with Gasteiger partial charge in [0, 0.05) is 17.7 Å². The van der Waals surface area contributed by atoms with Gasteiger partial charge in [-0.3, -0.25) is 4.79 Å². The van der Waals surface area contributed by atoms with Gasteiger partial charge in [-0.05, 0) is 18.2 Å². The third-order valence-corrected chi connectivity index (χ3v) is 5.06. The molecule has 0 bridgehead atoms. The average molecular weight is 418 g/mol. The number of phenolic OH excluding ortho intramolecular Hbond substituents is 4. The SMILES string of the molecule is O=c1cc(-c2ccc(O)c(O)c2)oc2cc(O)c([C@H]3OC[C@H](O)[C@@H](O)[C@@H]3O)c(O)c12. The van der Waals surface area contributed by atoms with E-state index in [1.807, 2.05) is 0 Å². The van der Waals surface area contributed by atoms with Crippen LogP contribution in [0.15, 0.2) is 39.5 Å². The molecule has 2 heterocycles. The van der Waals surface area contributed by atoms with E-state index in [0.717, 1.165) is 12.1 Å². The van der Waals surface area contributed by atoms with E-state index in [9.17, 15) is 40.5 Å².